The van der Waals surface area contributed by atoms with E-state index in [-0.39, 0.29) is 42.0 Å². The quantitative estimate of drug-likeness (QED) is 0.350. The molecule has 0 saturated carbocycles. The fourth-order valence-electron chi connectivity index (χ4n) is 4.50. The van der Waals surface area contributed by atoms with Gasteiger partial charge in [-0.15, -0.1) is 0 Å². The number of ketones is 2. The normalized spacial score (nSPS) is 29.7. The summed E-state index contributed by atoms with van der Waals surface area (Å²) in [6, 6.07) is 0.269. The Kier molecular flexibility index (Phi) is 10.3. The van der Waals surface area contributed by atoms with Crippen LogP contribution >= 0.6 is 0 Å². The van der Waals surface area contributed by atoms with Crippen molar-refractivity contribution < 1.29 is 28.6 Å². The van der Waals surface area contributed by atoms with Crippen LogP contribution in [0.5, 0.6) is 0 Å². The van der Waals surface area contributed by atoms with Gasteiger partial charge in [-0.1, -0.05) is 20.8 Å². The lowest BCUT2D eigenvalue weighted by Gasteiger charge is -2.47. The summed E-state index contributed by atoms with van der Waals surface area (Å²) >= 11 is 0. The maximum Gasteiger partial charge on any atom is 0.162 e. The van der Waals surface area contributed by atoms with Crippen LogP contribution in [0.1, 0.15) is 60.8 Å². The maximum atomic E-state index is 12.8. The lowest BCUT2D eigenvalue weighted by molar-refractivity contribution is -0.280. The van der Waals surface area contributed by atoms with E-state index in [0.29, 0.717) is 6.42 Å². The molecule has 8 atom stereocenters. The molecule has 0 bridgehead atoms. The summed E-state index contributed by atoms with van der Waals surface area (Å²) in [5, 5.41) is 0. The van der Waals surface area contributed by atoms with Crippen molar-refractivity contribution in [3.63, 3.8) is 0 Å². The Bertz CT molecular complexity index is 594. The molecule has 30 heavy (non-hydrogen) atoms. The van der Waals surface area contributed by atoms with Crippen molar-refractivity contribution >= 4 is 17.9 Å². The van der Waals surface area contributed by atoms with Crippen LogP contribution in [0.15, 0.2) is 0 Å². The van der Waals surface area contributed by atoms with Gasteiger partial charge < -0.3 is 23.9 Å². The van der Waals surface area contributed by atoms with Crippen molar-refractivity contribution in [3.8, 4) is 0 Å². The summed E-state index contributed by atoms with van der Waals surface area (Å²) in [5.74, 6) is -1.18. The zero-order chi connectivity index (χ0) is 23.2. The third kappa shape index (κ3) is 6.94. The van der Waals surface area contributed by atoms with Crippen LogP contribution < -0.4 is 0 Å². The van der Waals surface area contributed by atoms with Gasteiger partial charge in [-0.05, 0) is 47.7 Å². The van der Waals surface area contributed by atoms with Crippen LogP contribution in [0.2, 0.25) is 0 Å². The zero-order valence-electron chi connectivity index (χ0n) is 20.1. The Labute approximate surface area is 181 Å². The van der Waals surface area contributed by atoms with Crippen LogP contribution in [0.25, 0.3) is 0 Å². The lowest BCUT2D eigenvalue weighted by atomic mass is 9.80. The molecule has 0 aromatic carbocycles. The van der Waals surface area contributed by atoms with Crippen molar-refractivity contribution in [1.82, 2.24) is 4.90 Å². The average Bonchev–Trinajstić information content (AvgIpc) is 2.66. The van der Waals surface area contributed by atoms with Crippen molar-refractivity contribution in [2.75, 3.05) is 21.2 Å². The van der Waals surface area contributed by atoms with Gasteiger partial charge in [0, 0.05) is 30.9 Å². The van der Waals surface area contributed by atoms with E-state index in [2.05, 4.69) is 11.8 Å². The number of hydrogen-bond donors (Lipinski definition) is 0. The van der Waals surface area contributed by atoms with Gasteiger partial charge >= 0.3 is 0 Å². The van der Waals surface area contributed by atoms with Crippen LogP contribution in [0.4, 0.5) is 0 Å². The first kappa shape index (κ1) is 26.9. The highest BCUT2D eigenvalue weighted by Crippen LogP contribution is 2.36. The monoisotopic (exact) mass is 427 g/mol. The fourth-order valence-corrected chi connectivity index (χ4v) is 4.50. The van der Waals surface area contributed by atoms with E-state index in [1.807, 2.05) is 34.9 Å². The van der Waals surface area contributed by atoms with Gasteiger partial charge in [-0.25, -0.2) is 0 Å². The number of rotatable bonds is 12. The summed E-state index contributed by atoms with van der Waals surface area (Å²) in [6.07, 6.45) is 0.814. The molecule has 3 unspecified atom stereocenters. The SMILES string of the molecule is CO[C@](C)(C[C@@H](C)C=O)[C@H](O[C@@H]1OC(C)CC(N(C)C)C1C)[C@@H](C)C(=O)CC(C)=O. The summed E-state index contributed by atoms with van der Waals surface area (Å²) < 4.78 is 18.5. The van der Waals surface area contributed by atoms with E-state index in [1.54, 1.807) is 14.0 Å². The predicted molar refractivity (Wildman–Crippen MR) is 115 cm³/mol. The van der Waals surface area contributed by atoms with E-state index in [4.69, 9.17) is 14.2 Å². The molecule has 1 aliphatic rings. The number of nitrogens with zero attached hydrogens (tertiary/aromatic N) is 1. The van der Waals surface area contributed by atoms with Crippen LogP contribution in [-0.4, -0.2) is 74.1 Å². The Morgan fingerprint density at radius 1 is 1.27 bits per heavy atom. The number of hydrogen-bond acceptors (Lipinski definition) is 7. The third-order valence-electron chi connectivity index (χ3n) is 6.33. The number of ether oxygens (including phenoxy) is 3. The van der Waals surface area contributed by atoms with Gasteiger partial charge in [0.2, 0.25) is 0 Å². The smallest absolute Gasteiger partial charge is 0.162 e. The topological polar surface area (TPSA) is 82.1 Å². The van der Waals surface area contributed by atoms with Crippen LogP contribution in [0.3, 0.4) is 0 Å². The molecule has 7 heteroatoms. The van der Waals surface area contributed by atoms with Gasteiger partial charge in [0.05, 0.1) is 24.2 Å². The minimum atomic E-state index is -0.899. The molecule has 0 aromatic rings. The number of methoxy groups -OCH3 is 1. The van der Waals surface area contributed by atoms with Gasteiger partial charge in [-0.2, -0.15) is 0 Å². The van der Waals surface area contributed by atoms with E-state index in [1.165, 1.54) is 6.92 Å². The number of Topliss-reactive ketones (excluding diaryl/α,β-unsaturated/α-hetero) is 2. The number of carbonyl (C=O) groups excluding carboxylic acids is 3. The molecule has 1 saturated heterocycles. The Balaban J connectivity index is 3.26. The number of aldehydes is 1. The van der Waals surface area contributed by atoms with Gasteiger partial charge in [-0.3, -0.25) is 9.59 Å². The molecular weight excluding hydrogens is 386 g/mol. The van der Waals surface area contributed by atoms with Crippen molar-refractivity contribution in [2.45, 2.75) is 90.9 Å². The molecule has 0 aliphatic carbocycles. The fraction of sp³-hybridized carbons (Fsp3) is 0.870. The molecule has 0 N–H and O–H groups in total. The second-order valence-corrected chi connectivity index (χ2v) is 9.47. The highest BCUT2D eigenvalue weighted by atomic mass is 16.7. The first-order chi connectivity index (χ1) is 13.9. The molecule has 0 radical (unpaired) electrons. The molecule has 174 valence electrons. The first-order valence-corrected chi connectivity index (χ1v) is 10.9. The van der Waals surface area contributed by atoms with Gasteiger partial charge in [0.1, 0.15) is 17.9 Å². The molecule has 0 spiro atoms. The molecule has 0 aromatic heterocycles. The average molecular weight is 428 g/mol. The molecule has 7 nitrogen and oxygen atoms in total. The summed E-state index contributed by atoms with van der Waals surface area (Å²) in [4.78, 5) is 37.9. The van der Waals surface area contributed by atoms with Gasteiger partial charge in [0.25, 0.3) is 0 Å². The summed E-state index contributed by atoms with van der Waals surface area (Å²) in [5.41, 5.74) is -0.899. The Morgan fingerprint density at radius 3 is 2.33 bits per heavy atom. The Hall–Kier alpha value is -1.15. The maximum absolute atomic E-state index is 12.8. The highest BCUT2D eigenvalue weighted by Gasteiger charge is 2.46. The molecule has 1 fully saturated rings. The first-order valence-electron chi connectivity index (χ1n) is 10.9. The molecule has 0 amide bonds. The van der Waals surface area contributed by atoms with Crippen molar-refractivity contribution in [2.24, 2.45) is 17.8 Å². The second-order valence-electron chi connectivity index (χ2n) is 9.47. The molecule has 1 rings (SSSR count). The molecule has 1 heterocycles. The van der Waals surface area contributed by atoms with Crippen LogP contribution in [-0.2, 0) is 28.6 Å². The zero-order valence-corrected chi connectivity index (χ0v) is 20.1. The predicted octanol–water partition coefficient (Wildman–Crippen LogP) is 2.89. The highest BCUT2D eigenvalue weighted by molar-refractivity contribution is 5.99. The van der Waals surface area contributed by atoms with Gasteiger partial charge in [0.15, 0.2) is 6.29 Å². The van der Waals surface area contributed by atoms with Crippen LogP contribution in [0, 0.1) is 17.8 Å². The minimum absolute atomic E-state index is 0.00479. The van der Waals surface area contributed by atoms with E-state index in [0.717, 1.165) is 12.7 Å². The summed E-state index contributed by atoms with van der Waals surface area (Å²) in [6.45, 7) is 10.9. The Morgan fingerprint density at radius 2 is 1.87 bits per heavy atom. The summed E-state index contributed by atoms with van der Waals surface area (Å²) in [7, 11) is 5.64. The largest absolute Gasteiger partial charge is 0.376 e. The second kappa shape index (κ2) is 11.5. The lowest BCUT2D eigenvalue weighted by Crippen LogP contribution is -2.56. The number of carbonyl (C=O) groups is 3. The van der Waals surface area contributed by atoms with Crippen molar-refractivity contribution in [3.05, 3.63) is 0 Å². The minimum Gasteiger partial charge on any atom is -0.376 e. The van der Waals surface area contributed by atoms with E-state index in [9.17, 15) is 14.4 Å². The standard InChI is InChI=1S/C23H41NO6/c1-14(13-25)12-23(6,28-9)21(18(5)20(27)10-15(2)26)30-22-17(4)19(24(7)8)11-16(3)29-22/h13-14,16-19,21-22H,10-12H2,1-9H3/t14-,16?,17?,18+,19?,21-,22+,23-/m1/s1. The third-order valence-corrected chi connectivity index (χ3v) is 6.33. The molecule has 1 aliphatic heterocycles. The van der Waals surface area contributed by atoms with E-state index < -0.39 is 23.9 Å². The van der Waals surface area contributed by atoms with Crippen molar-refractivity contribution in [1.29, 1.82) is 0 Å². The van der Waals surface area contributed by atoms with E-state index >= 15 is 0 Å². The molecular formula is C23H41NO6.